The minimum Gasteiger partial charge on any atom is -0.497 e. The molecule has 0 saturated heterocycles. The maximum Gasteiger partial charge on any atom is 0.325 e. The Morgan fingerprint density at radius 2 is 2.00 bits per heavy atom. The van der Waals surface area contributed by atoms with Gasteiger partial charge < -0.3 is 23.5 Å². The van der Waals surface area contributed by atoms with E-state index in [0.29, 0.717) is 22.0 Å². The third-order valence-corrected chi connectivity index (χ3v) is 5.44. The predicted molar refractivity (Wildman–Crippen MR) is 105 cm³/mol. The van der Waals surface area contributed by atoms with Crippen LogP contribution in [-0.4, -0.2) is 43.4 Å². The van der Waals surface area contributed by atoms with Crippen LogP contribution in [0, 0.1) is 0 Å². The molecule has 9 heteroatoms. The van der Waals surface area contributed by atoms with Gasteiger partial charge in [-0.15, -0.1) is 0 Å². The number of fused-ring (bicyclic) bond motifs is 2. The SMILES string of the molecule is COC(=O)Cn1c(=NC(=O)[C@@H]2COc3ccccc3O2)sc2cc(OC)ccc21. The standard InChI is InChI=1S/C20H18N2O6S/c1-25-12-7-8-13-17(9-12)29-20(22(13)10-18(23)26-2)21-19(24)16-11-27-14-5-3-4-6-15(14)28-16/h3-9,16H,10-11H2,1-2H3/t16-/m0/s1. The number of rotatable bonds is 4. The van der Waals surface area contributed by atoms with Crippen molar-refractivity contribution < 1.29 is 28.5 Å². The van der Waals surface area contributed by atoms with Crippen molar-refractivity contribution in [3.63, 3.8) is 0 Å². The zero-order valence-corrected chi connectivity index (χ0v) is 16.6. The van der Waals surface area contributed by atoms with Crippen LogP contribution < -0.4 is 19.0 Å². The highest BCUT2D eigenvalue weighted by molar-refractivity contribution is 7.16. The fourth-order valence-corrected chi connectivity index (χ4v) is 3.98. The van der Waals surface area contributed by atoms with Crippen molar-refractivity contribution in [2.45, 2.75) is 12.6 Å². The van der Waals surface area contributed by atoms with E-state index >= 15 is 0 Å². The van der Waals surface area contributed by atoms with Gasteiger partial charge in [-0.1, -0.05) is 23.5 Å². The second-order valence-corrected chi connectivity index (χ2v) is 7.20. The first-order valence-electron chi connectivity index (χ1n) is 8.80. The summed E-state index contributed by atoms with van der Waals surface area (Å²) in [5, 5.41) is 0. The molecule has 8 nitrogen and oxygen atoms in total. The molecule has 1 amide bonds. The number of methoxy groups -OCH3 is 2. The Balaban J connectivity index is 1.71. The van der Waals surface area contributed by atoms with E-state index in [1.165, 1.54) is 18.4 Å². The maximum atomic E-state index is 12.8. The molecule has 4 rings (SSSR count). The van der Waals surface area contributed by atoms with E-state index in [-0.39, 0.29) is 13.2 Å². The van der Waals surface area contributed by atoms with Gasteiger partial charge in [-0.25, -0.2) is 0 Å². The Morgan fingerprint density at radius 3 is 2.76 bits per heavy atom. The average Bonchev–Trinajstić information content (AvgIpc) is 3.08. The highest BCUT2D eigenvalue weighted by Gasteiger charge is 2.27. The van der Waals surface area contributed by atoms with E-state index in [1.54, 1.807) is 35.9 Å². The van der Waals surface area contributed by atoms with Crippen molar-refractivity contribution in [3.8, 4) is 17.2 Å². The van der Waals surface area contributed by atoms with E-state index in [4.69, 9.17) is 18.9 Å². The Kier molecular flexibility index (Phi) is 5.22. The van der Waals surface area contributed by atoms with Gasteiger partial charge in [-0.3, -0.25) is 9.59 Å². The third-order valence-electron chi connectivity index (χ3n) is 4.39. The van der Waals surface area contributed by atoms with Gasteiger partial charge in [-0.05, 0) is 30.3 Å². The van der Waals surface area contributed by atoms with Crippen molar-refractivity contribution in [1.29, 1.82) is 0 Å². The topological polar surface area (TPSA) is 88.4 Å². The number of hydrogen-bond donors (Lipinski definition) is 0. The second kappa shape index (κ2) is 7.96. The smallest absolute Gasteiger partial charge is 0.325 e. The molecule has 1 aromatic heterocycles. The van der Waals surface area contributed by atoms with Crippen molar-refractivity contribution >= 4 is 33.4 Å². The molecule has 0 N–H and O–H groups in total. The normalized spacial score (nSPS) is 15.9. The second-order valence-electron chi connectivity index (χ2n) is 6.19. The van der Waals surface area contributed by atoms with Crippen molar-refractivity contribution in [2.75, 3.05) is 20.8 Å². The summed E-state index contributed by atoms with van der Waals surface area (Å²) in [4.78, 5) is 29.2. The molecule has 3 aromatic rings. The van der Waals surface area contributed by atoms with Crippen LogP contribution in [0.4, 0.5) is 0 Å². The molecular formula is C20H18N2O6S. The van der Waals surface area contributed by atoms with Crippen LogP contribution in [0.1, 0.15) is 0 Å². The van der Waals surface area contributed by atoms with Gasteiger partial charge in [0.1, 0.15) is 18.9 Å². The molecule has 0 fully saturated rings. The third kappa shape index (κ3) is 3.81. The van der Waals surface area contributed by atoms with E-state index in [9.17, 15) is 9.59 Å². The summed E-state index contributed by atoms with van der Waals surface area (Å²) < 4.78 is 23.8. The summed E-state index contributed by atoms with van der Waals surface area (Å²) in [5.41, 5.74) is 0.749. The van der Waals surface area contributed by atoms with Gasteiger partial charge in [0, 0.05) is 0 Å². The van der Waals surface area contributed by atoms with E-state index in [2.05, 4.69) is 4.99 Å². The van der Waals surface area contributed by atoms with Crippen molar-refractivity contribution in [3.05, 3.63) is 47.3 Å². The maximum absolute atomic E-state index is 12.8. The van der Waals surface area contributed by atoms with E-state index in [0.717, 1.165) is 10.2 Å². The number of aromatic nitrogens is 1. The Hall–Kier alpha value is -3.33. The number of esters is 1. The largest absolute Gasteiger partial charge is 0.497 e. The Morgan fingerprint density at radius 1 is 1.21 bits per heavy atom. The number of amides is 1. The van der Waals surface area contributed by atoms with Gasteiger partial charge >= 0.3 is 5.97 Å². The molecule has 0 spiro atoms. The highest BCUT2D eigenvalue weighted by Crippen LogP contribution is 2.31. The molecule has 0 bridgehead atoms. The van der Waals surface area contributed by atoms with Crippen LogP contribution in [-0.2, 0) is 20.9 Å². The summed E-state index contributed by atoms with van der Waals surface area (Å²) >= 11 is 1.28. The predicted octanol–water partition coefficient (Wildman–Crippen LogP) is 2.15. The summed E-state index contributed by atoms with van der Waals surface area (Å²) in [6, 6.07) is 12.6. The van der Waals surface area contributed by atoms with Crippen molar-refractivity contribution in [2.24, 2.45) is 4.99 Å². The van der Waals surface area contributed by atoms with Crippen LogP contribution in [0.3, 0.4) is 0 Å². The molecule has 1 atom stereocenters. The van der Waals surface area contributed by atoms with Gasteiger partial charge in [-0.2, -0.15) is 4.99 Å². The number of carbonyl (C=O) groups excluding carboxylic acids is 2. The van der Waals surface area contributed by atoms with Crippen LogP contribution in [0.25, 0.3) is 10.2 Å². The lowest BCUT2D eigenvalue weighted by atomic mass is 10.2. The molecular weight excluding hydrogens is 396 g/mol. The summed E-state index contributed by atoms with van der Waals surface area (Å²) in [6.45, 7) is -0.00509. The van der Waals surface area contributed by atoms with Gasteiger partial charge in [0.25, 0.3) is 5.91 Å². The van der Waals surface area contributed by atoms with E-state index in [1.807, 2.05) is 18.2 Å². The monoisotopic (exact) mass is 414 g/mol. The van der Waals surface area contributed by atoms with Crippen LogP contribution in [0.5, 0.6) is 17.2 Å². The first kappa shape index (κ1) is 19.0. The lowest BCUT2D eigenvalue weighted by molar-refractivity contribution is -0.141. The minimum absolute atomic E-state index is 0.0645. The minimum atomic E-state index is -0.865. The molecule has 2 aromatic carbocycles. The zero-order chi connectivity index (χ0) is 20.4. The number of nitrogens with zero attached hydrogens (tertiary/aromatic N) is 2. The fourth-order valence-electron chi connectivity index (χ4n) is 2.92. The van der Waals surface area contributed by atoms with Gasteiger partial charge in [0.05, 0.1) is 24.4 Å². The molecule has 2 heterocycles. The quantitative estimate of drug-likeness (QED) is 0.608. The molecule has 0 aliphatic carbocycles. The molecule has 0 radical (unpaired) electrons. The number of hydrogen-bond acceptors (Lipinski definition) is 7. The molecule has 1 aliphatic rings. The summed E-state index contributed by atoms with van der Waals surface area (Å²) in [5.74, 6) is 0.821. The zero-order valence-electron chi connectivity index (χ0n) is 15.8. The Labute approximate surface area is 169 Å². The molecule has 1 aliphatic heterocycles. The van der Waals surface area contributed by atoms with Gasteiger partial charge in [0.15, 0.2) is 16.3 Å². The summed E-state index contributed by atoms with van der Waals surface area (Å²) in [6.07, 6.45) is -0.865. The molecule has 0 saturated carbocycles. The highest BCUT2D eigenvalue weighted by atomic mass is 32.1. The lowest BCUT2D eigenvalue weighted by Gasteiger charge is -2.23. The molecule has 0 unspecified atom stereocenters. The molecule has 150 valence electrons. The van der Waals surface area contributed by atoms with E-state index < -0.39 is 18.0 Å². The number of ether oxygens (including phenoxy) is 4. The first-order valence-corrected chi connectivity index (χ1v) is 9.62. The number of benzene rings is 2. The number of carbonyl (C=O) groups is 2. The van der Waals surface area contributed by atoms with Crippen LogP contribution in [0.2, 0.25) is 0 Å². The fraction of sp³-hybridized carbons (Fsp3) is 0.250. The first-order chi connectivity index (χ1) is 14.1. The lowest BCUT2D eigenvalue weighted by Crippen LogP contribution is -2.37. The summed E-state index contributed by atoms with van der Waals surface area (Å²) in [7, 11) is 2.89. The van der Waals surface area contributed by atoms with Crippen LogP contribution >= 0.6 is 11.3 Å². The molecule has 29 heavy (non-hydrogen) atoms. The number of para-hydroxylation sites is 2. The average molecular weight is 414 g/mol. The van der Waals surface area contributed by atoms with Crippen LogP contribution in [0.15, 0.2) is 47.5 Å². The van der Waals surface area contributed by atoms with Gasteiger partial charge in [0.2, 0.25) is 6.10 Å². The Bertz CT molecular complexity index is 1150. The van der Waals surface area contributed by atoms with Crippen molar-refractivity contribution in [1.82, 2.24) is 4.57 Å². The number of thiazole rings is 1.